The second-order valence-electron chi connectivity index (χ2n) is 3.24. The number of anilines is 1. The van der Waals surface area contributed by atoms with Crippen LogP contribution in [0.5, 0.6) is 0 Å². The Morgan fingerprint density at radius 2 is 2.07 bits per heavy atom. The zero-order valence-electron chi connectivity index (χ0n) is 9.23. The molecule has 0 unspecified atom stereocenters. The number of hydrogen-bond acceptors (Lipinski definition) is 5. The Morgan fingerprint density at radius 1 is 1.47 bits per heavy atom. The average Bonchev–Trinajstić information content (AvgIpc) is 2.26. The van der Waals surface area contributed by atoms with Gasteiger partial charge in [-0.15, -0.1) is 0 Å². The molecular formula is C10H15N3O2. The molecule has 0 saturated carbocycles. The molecule has 5 nitrogen and oxygen atoms in total. The Labute approximate surface area is 89.1 Å². The molecule has 0 spiro atoms. The number of Topliss-reactive ketones (excluding diaryl/α,β-unsaturated/α-hetero) is 1. The van der Waals surface area contributed by atoms with Crippen LogP contribution in [0, 0.1) is 0 Å². The maximum Gasteiger partial charge on any atom is 0.225 e. The number of aromatic nitrogens is 2. The van der Waals surface area contributed by atoms with Gasteiger partial charge in [-0.2, -0.15) is 0 Å². The fourth-order valence-corrected chi connectivity index (χ4v) is 1.03. The second-order valence-corrected chi connectivity index (χ2v) is 3.24. The van der Waals surface area contributed by atoms with E-state index in [0.29, 0.717) is 18.1 Å². The van der Waals surface area contributed by atoms with Gasteiger partial charge in [0.25, 0.3) is 0 Å². The molecule has 1 aromatic heterocycles. The van der Waals surface area contributed by atoms with Crippen molar-refractivity contribution in [3.63, 3.8) is 0 Å². The molecule has 0 aliphatic rings. The molecule has 1 heterocycles. The van der Waals surface area contributed by atoms with Gasteiger partial charge in [0.2, 0.25) is 5.95 Å². The first-order valence-corrected chi connectivity index (χ1v) is 4.68. The van der Waals surface area contributed by atoms with Gasteiger partial charge in [-0.25, -0.2) is 9.97 Å². The van der Waals surface area contributed by atoms with E-state index in [1.165, 1.54) is 19.3 Å². The zero-order chi connectivity index (χ0) is 11.3. The summed E-state index contributed by atoms with van der Waals surface area (Å²) < 4.78 is 4.94. The van der Waals surface area contributed by atoms with E-state index in [9.17, 15) is 4.79 Å². The van der Waals surface area contributed by atoms with E-state index in [-0.39, 0.29) is 5.78 Å². The lowest BCUT2D eigenvalue weighted by atomic mass is 10.2. The fourth-order valence-electron chi connectivity index (χ4n) is 1.03. The van der Waals surface area contributed by atoms with Crippen LogP contribution in [0.1, 0.15) is 17.3 Å². The summed E-state index contributed by atoms with van der Waals surface area (Å²) >= 11 is 0. The molecule has 15 heavy (non-hydrogen) atoms. The van der Waals surface area contributed by atoms with Crippen LogP contribution in [0.4, 0.5) is 5.95 Å². The molecule has 82 valence electrons. The highest BCUT2D eigenvalue weighted by Crippen LogP contribution is 2.04. The topological polar surface area (TPSA) is 55.3 Å². The molecule has 0 N–H and O–H groups in total. The quantitative estimate of drug-likeness (QED) is 0.670. The van der Waals surface area contributed by atoms with E-state index >= 15 is 0 Å². The molecule has 0 aliphatic carbocycles. The lowest BCUT2D eigenvalue weighted by Gasteiger charge is -2.15. The van der Waals surface area contributed by atoms with Crippen LogP contribution >= 0.6 is 0 Å². The molecule has 0 aromatic carbocycles. The highest BCUT2D eigenvalue weighted by molar-refractivity contribution is 5.93. The molecule has 5 heteroatoms. The van der Waals surface area contributed by atoms with Crippen molar-refractivity contribution in [1.82, 2.24) is 9.97 Å². The van der Waals surface area contributed by atoms with Crippen molar-refractivity contribution in [1.29, 1.82) is 0 Å². The highest BCUT2D eigenvalue weighted by atomic mass is 16.5. The number of methoxy groups -OCH3 is 1. The lowest BCUT2D eigenvalue weighted by molar-refractivity contribution is 0.101. The molecule has 1 aromatic rings. The molecule has 0 atom stereocenters. The Kier molecular flexibility index (Phi) is 4.17. The Bertz CT molecular complexity index is 324. The summed E-state index contributed by atoms with van der Waals surface area (Å²) in [7, 11) is 3.52. The van der Waals surface area contributed by atoms with E-state index < -0.39 is 0 Å². The number of likely N-dealkylation sites (N-methyl/N-ethyl adjacent to an activating group) is 1. The SMILES string of the molecule is COCCN(C)c1ncc(C(C)=O)cn1. The molecule has 0 aliphatic heterocycles. The molecule has 0 amide bonds. The minimum absolute atomic E-state index is 0.0268. The number of carbonyl (C=O) groups excluding carboxylic acids is 1. The van der Waals surface area contributed by atoms with Crippen molar-refractivity contribution in [2.45, 2.75) is 6.92 Å². The normalized spacial score (nSPS) is 10.1. The molecular weight excluding hydrogens is 194 g/mol. The van der Waals surface area contributed by atoms with Crippen LogP contribution in [0.3, 0.4) is 0 Å². The molecule has 0 fully saturated rings. The Balaban J connectivity index is 2.66. The predicted octanol–water partition coefficient (Wildman–Crippen LogP) is 0.762. The van der Waals surface area contributed by atoms with Gasteiger partial charge >= 0.3 is 0 Å². The summed E-state index contributed by atoms with van der Waals surface area (Å²) in [5, 5.41) is 0. The van der Waals surface area contributed by atoms with Crippen LogP contribution in [0.25, 0.3) is 0 Å². The molecule has 0 bridgehead atoms. The number of nitrogens with zero attached hydrogens (tertiary/aromatic N) is 3. The van der Waals surface area contributed by atoms with Crippen LogP contribution in [-0.4, -0.2) is 43.1 Å². The monoisotopic (exact) mass is 209 g/mol. The summed E-state index contributed by atoms with van der Waals surface area (Å²) in [5.74, 6) is 0.568. The molecule has 0 saturated heterocycles. The number of carbonyl (C=O) groups is 1. The first-order chi connectivity index (χ1) is 7.15. The summed E-state index contributed by atoms with van der Waals surface area (Å²) in [6.07, 6.45) is 3.07. The van der Waals surface area contributed by atoms with Crippen molar-refractivity contribution < 1.29 is 9.53 Å². The first-order valence-electron chi connectivity index (χ1n) is 4.68. The zero-order valence-corrected chi connectivity index (χ0v) is 9.23. The van der Waals surface area contributed by atoms with Gasteiger partial charge in [0.1, 0.15) is 0 Å². The minimum atomic E-state index is -0.0268. The van der Waals surface area contributed by atoms with Gasteiger partial charge in [0, 0.05) is 33.1 Å². The van der Waals surface area contributed by atoms with Gasteiger partial charge < -0.3 is 9.64 Å². The van der Waals surface area contributed by atoms with Crippen molar-refractivity contribution in [3.05, 3.63) is 18.0 Å². The molecule has 0 radical (unpaired) electrons. The third-order valence-electron chi connectivity index (χ3n) is 2.02. The summed E-state index contributed by atoms with van der Waals surface area (Å²) in [6.45, 7) is 2.83. The van der Waals surface area contributed by atoms with Gasteiger partial charge in [-0.3, -0.25) is 4.79 Å². The van der Waals surface area contributed by atoms with Crippen LogP contribution < -0.4 is 4.90 Å². The first kappa shape index (κ1) is 11.6. The number of ketones is 1. The summed E-state index contributed by atoms with van der Waals surface area (Å²) in [4.78, 5) is 21.0. The number of ether oxygens (including phenoxy) is 1. The standard InChI is InChI=1S/C10H15N3O2/c1-8(14)9-6-11-10(12-7-9)13(2)4-5-15-3/h6-7H,4-5H2,1-3H3. The number of rotatable bonds is 5. The van der Waals surface area contributed by atoms with E-state index in [1.54, 1.807) is 7.11 Å². The minimum Gasteiger partial charge on any atom is -0.383 e. The van der Waals surface area contributed by atoms with Crippen molar-refractivity contribution >= 4 is 11.7 Å². The Hall–Kier alpha value is -1.49. The second kappa shape index (κ2) is 5.41. The van der Waals surface area contributed by atoms with Crippen LogP contribution in [-0.2, 0) is 4.74 Å². The van der Waals surface area contributed by atoms with Crippen LogP contribution in [0.2, 0.25) is 0 Å². The van der Waals surface area contributed by atoms with E-state index in [2.05, 4.69) is 9.97 Å². The van der Waals surface area contributed by atoms with Crippen LogP contribution in [0.15, 0.2) is 12.4 Å². The van der Waals surface area contributed by atoms with Crippen molar-refractivity contribution in [2.75, 3.05) is 32.2 Å². The van der Waals surface area contributed by atoms with E-state index in [0.717, 1.165) is 6.54 Å². The van der Waals surface area contributed by atoms with E-state index in [4.69, 9.17) is 4.74 Å². The van der Waals surface area contributed by atoms with Gasteiger partial charge in [0.15, 0.2) is 5.78 Å². The van der Waals surface area contributed by atoms with Crippen molar-refractivity contribution in [3.8, 4) is 0 Å². The highest BCUT2D eigenvalue weighted by Gasteiger charge is 2.05. The molecule has 1 rings (SSSR count). The third kappa shape index (κ3) is 3.28. The number of hydrogen-bond donors (Lipinski definition) is 0. The fraction of sp³-hybridized carbons (Fsp3) is 0.500. The Morgan fingerprint density at radius 3 is 2.53 bits per heavy atom. The third-order valence-corrected chi connectivity index (χ3v) is 2.02. The van der Waals surface area contributed by atoms with Gasteiger partial charge in [0.05, 0.1) is 12.2 Å². The average molecular weight is 209 g/mol. The van der Waals surface area contributed by atoms with Crippen molar-refractivity contribution in [2.24, 2.45) is 0 Å². The summed E-state index contributed by atoms with van der Waals surface area (Å²) in [6, 6.07) is 0. The largest absolute Gasteiger partial charge is 0.383 e. The smallest absolute Gasteiger partial charge is 0.225 e. The maximum absolute atomic E-state index is 11.0. The lowest BCUT2D eigenvalue weighted by Crippen LogP contribution is -2.24. The summed E-state index contributed by atoms with van der Waals surface area (Å²) in [5.41, 5.74) is 0.527. The van der Waals surface area contributed by atoms with Gasteiger partial charge in [-0.1, -0.05) is 0 Å². The van der Waals surface area contributed by atoms with E-state index in [1.807, 2.05) is 11.9 Å². The predicted molar refractivity (Wildman–Crippen MR) is 57.2 cm³/mol. The maximum atomic E-state index is 11.0. The van der Waals surface area contributed by atoms with Gasteiger partial charge in [-0.05, 0) is 6.92 Å².